The van der Waals surface area contributed by atoms with Gasteiger partial charge in [-0.25, -0.2) is 4.79 Å². The molecule has 27 heavy (non-hydrogen) atoms. The Balaban J connectivity index is 1.47. The number of carbonyl (C=O) groups excluding carboxylic acids is 2. The van der Waals surface area contributed by atoms with Crippen LogP contribution in [0, 0.1) is 6.92 Å². The summed E-state index contributed by atoms with van der Waals surface area (Å²) in [5.74, 6) is -0.682. The van der Waals surface area contributed by atoms with Gasteiger partial charge in [0.2, 0.25) is 0 Å². The van der Waals surface area contributed by atoms with E-state index in [0.717, 1.165) is 17.5 Å². The number of amides is 1. The highest BCUT2D eigenvalue weighted by molar-refractivity contribution is 5.89. The lowest BCUT2D eigenvalue weighted by Gasteiger charge is -2.26. The molecule has 0 bridgehead atoms. The lowest BCUT2D eigenvalue weighted by molar-refractivity contribution is -0.147. The van der Waals surface area contributed by atoms with Crippen molar-refractivity contribution in [3.05, 3.63) is 83.4 Å². The van der Waals surface area contributed by atoms with Crippen molar-refractivity contribution in [1.82, 2.24) is 4.90 Å². The molecule has 2 aromatic carbocycles. The van der Waals surface area contributed by atoms with Crippen molar-refractivity contribution in [2.24, 2.45) is 0 Å². The highest BCUT2D eigenvalue weighted by atomic mass is 16.5. The Labute approximate surface area is 159 Å². The van der Waals surface area contributed by atoms with Crippen LogP contribution in [0.5, 0.6) is 0 Å². The molecule has 4 heteroatoms. The van der Waals surface area contributed by atoms with E-state index in [1.54, 1.807) is 11.0 Å². The van der Waals surface area contributed by atoms with E-state index in [0.29, 0.717) is 13.1 Å². The third-order valence-corrected chi connectivity index (χ3v) is 4.50. The van der Waals surface area contributed by atoms with E-state index < -0.39 is 5.97 Å². The quantitative estimate of drug-likeness (QED) is 0.600. The molecule has 0 spiro atoms. The van der Waals surface area contributed by atoms with Crippen molar-refractivity contribution < 1.29 is 14.3 Å². The van der Waals surface area contributed by atoms with E-state index in [2.05, 4.69) is 18.2 Å². The molecule has 2 aromatic rings. The molecule has 1 aliphatic heterocycles. The smallest absolute Gasteiger partial charge is 0.331 e. The van der Waals surface area contributed by atoms with Gasteiger partial charge in [0.25, 0.3) is 5.91 Å². The lowest BCUT2D eigenvalue weighted by Crippen LogP contribution is -2.37. The maximum Gasteiger partial charge on any atom is 0.331 e. The second-order valence-corrected chi connectivity index (χ2v) is 6.54. The lowest BCUT2D eigenvalue weighted by atomic mass is 10.00. The maximum absolute atomic E-state index is 12.3. The first-order valence-corrected chi connectivity index (χ1v) is 9.05. The molecule has 1 amide bonds. The summed E-state index contributed by atoms with van der Waals surface area (Å²) in [7, 11) is 0. The molecule has 0 atom stereocenters. The van der Waals surface area contributed by atoms with Crippen molar-refractivity contribution in [1.29, 1.82) is 0 Å². The Bertz CT molecular complexity index is 868. The number of esters is 1. The summed E-state index contributed by atoms with van der Waals surface area (Å²) >= 11 is 0. The first kappa shape index (κ1) is 18.6. The number of benzene rings is 2. The largest absolute Gasteiger partial charge is 0.452 e. The SMILES string of the molecule is Cc1cccc(/C=C/C(=O)OCC(=O)N2CC=C(c3ccccc3)CC2)c1. The molecule has 1 aliphatic rings. The van der Waals surface area contributed by atoms with Gasteiger partial charge in [0, 0.05) is 19.2 Å². The summed E-state index contributed by atoms with van der Waals surface area (Å²) in [6, 6.07) is 18.0. The highest BCUT2D eigenvalue weighted by Gasteiger charge is 2.18. The van der Waals surface area contributed by atoms with Crippen LogP contribution in [0.25, 0.3) is 11.6 Å². The van der Waals surface area contributed by atoms with Crippen molar-refractivity contribution >= 4 is 23.5 Å². The Kier molecular flexibility index (Phi) is 6.21. The van der Waals surface area contributed by atoms with Gasteiger partial charge in [0.05, 0.1) is 0 Å². The Morgan fingerprint density at radius 3 is 2.63 bits per heavy atom. The van der Waals surface area contributed by atoms with Crippen LogP contribution < -0.4 is 0 Å². The first-order chi connectivity index (χ1) is 13.1. The molecular formula is C23H23NO3. The van der Waals surface area contributed by atoms with Crippen LogP contribution in [0.1, 0.15) is 23.1 Å². The topological polar surface area (TPSA) is 46.6 Å². The summed E-state index contributed by atoms with van der Waals surface area (Å²) < 4.78 is 5.08. The number of rotatable bonds is 5. The predicted molar refractivity (Wildman–Crippen MR) is 107 cm³/mol. The van der Waals surface area contributed by atoms with Gasteiger partial charge in [0.1, 0.15) is 0 Å². The number of aryl methyl sites for hydroxylation is 1. The van der Waals surface area contributed by atoms with Crippen molar-refractivity contribution in [3.8, 4) is 0 Å². The molecule has 138 valence electrons. The Morgan fingerprint density at radius 2 is 1.93 bits per heavy atom. The summed E-state index contributed by atoms with van der Waals surface area (Å²) in [5.41, 5.74) is 4.48. The maximum atomic E-state index is 12.3. The average molecular weight is 361 g/mol. The normalized spacial score (nSPS) is 14.1. The molecule has 0 N–H and O–H groups in total. The van der Waals surface area contributed by atoms with Crippen LogP contribution in [-0.4, -0.2) is 36.5 Å². The first-order valence-electron chi connectivity index (χ1n) is 9.05. The van der Waals surface area contributed by atoms with Gasteiger partial charge in [-0.15, -0.1) is 0 Å². The van der Waals surface area contributed by atoms with Gasteiger partial charge in [-0.05, 0) is 36.1 Å². The van der Waals surface area contributed by atoms with Gasteiger partial charge >= 0.3 is 5.97 Å². The second-order valence-electron chi connectivity index (χ2n) is 6.54. The van der Waals surface area contributed by atoms with Crippen LogP contribution in [-0.2, 0) is 14.3 Å². The van der Waals surface area contributed by atoms with Crippen LogP contribution in [0.15, 0.2) is 66.7 Å². The highest BCUT2D eigenvalue weighted by Crippen LogP contribution is 2.21. The molecule has 0 aliphatic carbocycles. The standard InChI is InChI=1S/C23H23NO3/c1-18-6-5-7-19(16-18)10-11-23(26)27-17-22(25)24-14-12-21(13-15-24)20-8-3-2-4-9-20/h2-12,16H,13-15,17H2,1H3/b11-10+. The minimum atomic E-state index is -0.512. The number of carbonyl (C=O) groups is 2. The Morgan fingerprint density at radius 1 is 1.11 bits per heavy atom. The molecule has 4 nitrogen and oxygen atoms in total. The fourth-order valence-electron chi connectivity index (χ4n) is 3.02. The van der Waals surface area contributed by atoms with Crippen LogP contribution in [0.3, 0.4) is 0 Å². The molecule has 0 unspecified atom stereocenters. The summed E-state index contributed by atoms with van der Waals surface area (Å²) in [6.07, 6.45) is 5.91. The van der Waals surface area contributed by atoms with Gasteiger partial charge in [0.15, 0.2) is 6.61 Å². The zero-order valence-corrected chi connectivity index (χ0v) is 15.4. The van der Waals surface area contributed by atoms with Crippen molar-refractivity contribution in [2.45, 2.75) is 13.3 Å². The molecule has 0 fully saturated rings. The third-order valence-electron chi connectivity index (χ3n) is 4.50. The van der Waals surface area contributed by atoms with Gasteiger partial charge in [-0.2, -0.15) is 0 Å². The molecule has 0 saturated carbocycles. The molecule has 0 radical (unpaired) electrons. The van der Waals surface area contributed by atoms with E-state index in [1.165, 1.54) is 17.2 Å². The van der Waals surface area contributed by atoms with Crippen LogP contribution in [0.4, 0.5) is 0 Å². The number of nitrogens with zero attached hydrogens (tertiary/aromatic N) is 1. The van der Waals surface area contributed by atoms with Crippen LogP contribution >= 0.6 is 0 Å². The van der Waals surface area contributed by atoms with Crippen LogP contribution in [0.2, 0.25) is 0 Å². The molecule has 0 saturated heterocycles. The number of hydrogen-bond acceptors (Lipinski definition) is 3. The number of hydrogen-bond donors (Lipinski definition) is 0. The van der Waals surface area contributed by atoms with Crippen molar-refractivity contribution in [3.63, 3.8) is 0 Å². The van der Waals surface area contributed by atoms with Gasteiger partial charge in [-0.3, -0.25) is 4.79 Å². The average Bonchev–Trinajstić information content (AvgIpc) is 2.71. The summed E-state index contributed by atoms with van der Waals surface area (Å²) in [5, 5.41) is 0. The molecule has 0 aromatic heterocycles. The van der Waals surface area contributed by atoms with E-state index >= 15 is 0 Å². The fourth-order valence-corrected chi connectivity index (χ4v) is 3.02. The fraction of sp³-hybridized carbons (Fsp3) is 0.217. The van der Waals surface area contributed by atoms with Gasteiger partial charge in [-0.1, -0.05) is 66.2 Å². The molecule has 3 rings (SSSR count). The van der Waals surface area contributed by atoms with E-state index in [4.69, 9.17) is 4.74 Å². The summed E-state index contributed by atoms with van der Waals surface area (Å²) in [4.78, 5) is 25.8. The molecular weight excluding hydrogens is 338 g/mol. The van der Waals surface area contributed by atoms with E-state index in [1.807, 2.05) is 49.4 Å². The monoisotopic (exact) mass is 361 g/mol. The second kappa shape index (κ2) is 8.99. The number of ether oxygens (including phenoxy) is 1. The minimum Gasteiger partial charge on any atom is -0.452 e. The predicted octanol–water partition coefficient (Wildman–Crippen LogP) is 3.87. The zero-order chi connectivity index (χ0) is 19.1. The summed E-state index contributed by atoms with van der Waals surface area (Å²) in [6.45, 7) is 2.94. The minimum absolute atomic E-state index is 0.171. The van der Waals surface area contributed by atoms with E-state index in [9.17, 15) is 9.59 Å². The zero-order valence-electron chi connectivity index (χ0n) is 15.4. The van der Waals surface area contributed by atoms with Crippen molar-refractivity contribution in [2.75, 3.05) is 19.7 Å². The third kappa shape index (κ3) is 5.42. The van der Waals surface area contributed by atoms with E-state index in [-0.39, 0.29) is 12.5 Å². The molecule has 1 heterocycles. The van der Waals surface area contributed by atoms with Gasteiger partial charge < -0.3 is 9.64 Å². The Hall–Kier alpha value is -3.14.